The van der Waals surface area contributed by atoms with E-state index >= 15 is 4.39 Å². The Morgan fingerprint density at radius 3 is 2.41 bits per heavy atom. The number of amides is 1. The third-order valence-electron chi connectivity index (χ3n) is 13.5. The number of nitrogens with zero attached hydrogens (tertiary/aromatic N) is 7. The molecule has 7 heterocycles. The molecule has 2 bridgehead atoms. The van der Waals surface area contributed by atoms with Crippen LogP contribution in [0.15, 0.2) is 60.3 Å². The molecule has 0 saturated carbocycles. The lowest BCUT2D eigenvalue weighted by Gasteiger charge is -2.47. The van der Waals surface area contributed by atoms with Crippen LogP contribution in [0.1, 0.15) is 84.6 Å². The first-order valence-corrected chi connectivity index (χ1v) is 31.5. The summed E-state index contributed by atoms with van der Waals surface area (Å²) < 4.78 is 90.0. The minimum absolute atomic E-state index is 0.0901. The van der Waals surface area contributed by atoms with Crippen LogP contribution >= 0.6 is 15.0 Å². The molecule has 1 aromatic carbocycles. The van der Waals surface area contributed by atoms with Gasteiger partial charge in [-0.2, -0.15) is 5.26 Å². The van der Waals surface area contributed by atoms with Gasteiger partial charge in [-0.25, -0.2) is 24.3 Å². The van der Waals surface area contributed by atoms with Crippen molar-refractivity contribution in [2.75, 3.05) is 31.7 Å². The summed E-state index contributed by atoms with van der Waals surface area (Å²) in [6.07, 6.45) is -4.65. The number of aliphatic hydroxyl groups is 1. The van der Waals surface area contributed by atoms with E-state index in [0.717, 1.165) is 12.5 Å². The standard InChI is InChI=1S/C44H58FN9O15P2SSi2/c1-24(2)73(60,25(3)4)69-74(26(5)6,27(7)8)68-33-30(18-55)64-42(53-17-29(45)31-38(53)48-22-50-41(31)57)34(33)67-71(72,62-16-12-15-46)63-20-44-19-61-35(36(44)66-70(58)59)43(65-44)54-23-51-32-37(47-21-49-39(32)54)52-40(56)28-13-10-9-11-14-28/h9-11,13-14,17,21-27,30,33-36,42-43,55,60H,12,16,18-20H2,1-8H3,(H2-,47,48,49,50,52,56,57,58,59)/p+1/t30-,33-,34-,35-,36+,42-,43?,44-,71?/m1/s1. The number of H-pyrrole nitrogens is 1. The lowest BCUT2D eigenvalue weighted by Crippen LogP contribution is -2.62. The smallest absolute Gasteiger partial charge is 0.414 e. The maximum absolute atomic E-state index is 15.9. The second kappa shape index (κ2) is 22.4. The van der Waals surface area contributed by atoms with E-state index < -0.39 is 117 Å². The molecule has 30 heteroatoms. The van der Waals surface area contributed by atoms with Gasteiger partial charge in [-0.1, -0.05) is 73.6 Å². The van der Waals surface area contributed by atoms with Gasteiger partial charge in [0.2, 0.25) is 0 Å². The largest absolute Gasteiger partial charge is 0.695 e. The minimum atomic E-state index is -4.32. The normalized spacial score (nSPS) is 25.2. The van der Waals surface area contributed by atoms with Gasteiger partial charge in [-0.05, 0) is 46.1 Å². The second-order valence-corrected chi connectivity index (χ2v) is 31.6. The van der Waals surface area contributed by atoms with Gasteiger partial charge < -0.3 is 56.6 Å². The molecule has 400 valence electrons. The molecular formula is C44H59FN9O15P2SSi2+. The maximum Gasteiger partial charge on any atom is 0.695 e. The summed E-state index contributed by atoms with van der Waals surface area (Å²) in [6, 6.07) is 10.5. The molecule has 3 aliphatic heterocycles. The Morgan fingerprint density at radius 2 is 1.76 bits per heavy atom. The molecule has 1 amide bonds. The van der Waals surface area contributed by atoms with Crippen molar-refractivity contribution in [2.24, 2.45) is 0 Å². The highest BCUT2D eigenvalue weighted by molar-refractivity contribution is 8.07. The molecule has 5 aromatic rings. The summed E-state index contributed by atoms with van der Waals surface area (Å²) >= 11 is 6.18. The van der Waals surface area contributed by atoms with E-state index in [2.05, 4.69) is 30.2 Å². The van der Waals surface area contributed by atoms with Gasteiger partial charge in [0.05, 0.1) is 51.6 Å². The predicted octanol–water partition coefficient (Wildman–Crippen LogP) is 6.02. The van der Waals surface area contributed by atoms with Crippen molar-refractivity contribution in [2.45, 2.75) is 133 Å². The van der Waals surface area contributed by atoms with Crippen molar-refractivity contribution in [3.05, 3.63) is 77.2 Å². The fourth-order valence-electron chi connectivity index (χ4n) is 9.66. The molecule has 0 radical (unpaired) electrons. The van der Waals surface area contributed by atoms with Gasteiger partial charge >= 0.3 is 32.1 Å². The van der Waals surface area contributed by atoms with Crippen molar-refractivity contribution in [1.82, 2.24) is 34.1 Å². The number of hydrogen-bond acceptors (Lipinski definition) is 20. The number of hydrogen-bond donors (Lipinski definition) is 5. The van der Waals surface area contributed by atoms with Crippen LogP contribution in [0, 0.1) is 17.1 Å². The number of aromatic amines is 1. The topological polar surface area (TPSA) is 308 Å². The first-order chi connectivity index (χ1) is 35.1. The summed E-state index contributed by atoms with van der Waals surface area (Å²) in [6.45, 7) is 8.97. The van der Waals surface area contributed by atoms with Crippen molar-refractivity contribution in [1.29, 1.82) is 5.26 Å². The third-order valence-corrected chi connectivity index (χ3v) is 26.0. The molecule has 0 aliphatic carbocycles. The van der Waals surface area contributed by atoms with Crippen molar-refractivity contribution in [3.63, 3.8) is 0 Å². The van der Waals surface area contributed by atoms with Crippen LogP contribution in [0.3, 0.4) is 0 Å². The average Bonchev–Trinajstić information content (AvgIpc) is 4.17. The van der Waals surface area contributed by atoms with Gasteiger partial charge in [0.15, 0.2) is 52.6 Å². The van der Waals surface area contributed by atoms with Gasteiger partial charge in [0.25, 0.3) is 11.5 Å². The average molecular weight is 1120 g/mol. The molecule has 0 spiro atoms. The monoisotopic (exact) mass is 1120 g/mol. The van der Waals surface area contributed by atoms with Crippen LogP contribution in [-0.4, -0.2) is 134 Å². The van der Waals surface area contributed by atoms with Crippen LogP contribution in [0.5, 0.6) is 0 Å². The highest BCUT2D eigenvalue weighted by Gasteiger charge is 2.67. The van der Waals surface area contributed by atoms with Crippen molar-refractivity contribution >= 4 is 77.8 Å². The first kappa shape index (κ1) is 56.0. The fourth-order valence-corrected chi connectivity index (χ4v) is 22.2. The van der Waals surface area contributed by atoms with E-state index in [0.29, 0.717) is 5.56 Å². The Kier molecular flexibility index (Phi) is 17.0. The maximum atomic E-state index is 15.9. The number of carbonyl (C=O) groups excluding carboxylic acids is 1. The van der Waals surface area contributed by atoms with E-state index in [-0.39, 0.29) is 64.4 Å². The van der Waals surface area contributed by atoms with Crippen LogP contribution in [0.25, 0.3) is 22.2 Å². The Morgan fingerprint density at radius 1 is 1.04 bits per heavy atom. The van der Waals surface area contributed by atoms with E-state index in [4.69, 9.17) is 52.7 Å². The van der Waals surface area contributed by atoms with Crippen LogP contribution < -0.4 is 10.9 Å². The zero-order valence-electron chi connectivity index (χ0n) is 41.6. The zero-order chi connectivity index (χ0) is 53.5. The highest BCUT2D eigenvalue weighted by atomic mass is 32.5. The number of anilines is 1. The minimum Gasteiger partial charge on any atom is -0.414 e. The van der Waals surface area contributed by atoms with Crippen LogP contribution in [-0.2, 0) is 57.2 Å². The number of halogens is 1. The summed E-state index contributed by atoms with van der Waals surface area (Å²) in [5.74, 6) is -1.31. The van der Waals surface area contributed by atoms with Gasteiger partial charge in [-0.15, -0.1) is 9.42 Å². The SMILES string of the molecule is CC(C)[Si](O)(O[Si](O[C@H]1[C@@H](OP(=S)(OCCC#N)OC[C@@]23CO[C@@H](C(n4cnc5c(NC(=O)c6ccccc6)ncnc54)O2)[C@@H]3O[P+](=O)O)[C@H](n2cc(F)c3c(=O)[nH]cnc32)O[C@@H]1CO)(C(C)C)C(C)C)C(C)C. The molecule has 8 rings (SSSR count). The van der Waals surface area contributed by atoms with E-state index in [9.17, 15) is 34.2 Å². The number of aliphatic hydroxyl groups excluding tert-OH is 1. The Balaban J connectivity index is 1.17. The van der Waals surface area contributed by atoms with Gasteiger partial charge in [0.1, 0.15) is 36.1 Å². The number of fused-ring (bicyclic) bond motifs is 4. The van der Waals surface area contributed by atoms with E-state index in [1.807, 2.05) is 61.5 Å². The number of ether oxygens (including phenoxy) is 3. The Hall–Kier alpha value is -4.22. The zero-order valence-corrected chi connectivity index (χ0v) is 46.2. The lowest BCUT2D eigenvalue weighted by molar-refractivity contribution is -0.183. The molecule has 5 N–H and O–H groups in total. The number of nitrogens with one attached hydrogen (secondary N) is 2. The molecule has 4 aromatic heterocycles. The fraction of sp³-hybridized carbons (Fsp3) is 0.568. The number of aromatic nitrogens is 7. The van der Waals surface area contributed by atoms with Crippen molar-refractivity contribution in [3.8, 4) is 6.07 Å². The molecule has 24 nitrogen and oxygen atoms in total. The molecule has 3 aliphatic rings. The van der Waals surface area contributed by atoms with E-state index in [1.54, 1.807) is 30.3 Å². The first-order valence-electron chi connectivity index (χ1n) is 23.8. The second-order valence-electron chi connectivity index (χ2n) is 19.3. The highest BCUT2D eigenvalue weighted by Crippen LogP contribution is 2.58. The molecule has 74 heavy (non-hydrogen) atoms. The molecule has 3 saturated heterocycles. The number of nitriles is 1. The number of imidazole rings is 1. The van der Waals surface area contributed by atoms with Gasteiger partial charge in [-0.3, -0.25) is 18.7 Å². The predicted molar refractivity (Wildman–Crippen MR) is 270 cm³/mol. The Labute approximate surface area is 432 Å². The van der Waals surface area contributed by atoms with Crippen LogP contribution in [0.2, 0.25) is 22.2 Å². The number of carbonyl (C=O) groups is 1. The Bertz CT molecular complexity index is 2990. The lowest BCUT2D eigenvalue weighted by atomic mass is 10.0. The molecular weight excluding hydrogens is 1060 g/mol. The van der Waals surface area contributed by atoms with Crippen molar-refractivity contribution < 1.29 is 69.4 Å². The molecule has 10 atom stereocenters. The van der Waals surface area contributed by atoms with Crippen LogP contribution in [0.4, 0.5) is 10.2 Å². The summed E-state index contributed by atoms with van der Waals surface area (Å²) in [7, 11) is -10.6. The summed E-state index contributed by atoms with van der Waals surface area (Å²) in [5, 5.41) is 23.1. The summed E-state index contributed by atoms with van der Waals surface area (Å²) in [4.78, 5) is 68.4. The summed E-state index contributed by atoms with van der Waals surface area (Å²) in [5.41, 5.74) is -3.17. The molecule has 3 fully saturated rings. The van der Waals surface area contributed by atoms with Gasteiger partial charge in [0, 0.05) is 16.3 Å². The molecule has 3 unspecified atom stereocenters. The van der Waals surface area contributed by atoms with E-state index in [1.165, 1.54) is 21.8 Å². The quantitative estimate of drug-likeness (QED) is 0.0284. The number of benzene rings is 1. The third kappa shape index (κ3) is 10.6. The number of rotatable bonds is 23.